The van der Waals surface area contributed by atoms with Crippen molar-refractivity contribution in [3.63, 3.8) is 0 Å². The Morgan fingerprint density at radius 1 is 1.08 bits per heavy atom. The molecule has 0 bridgehead atoms. The summed E-state index contributed by atoms with van der Waals surface area (Å²) in [6.45, 7) is 1.74. The fraction of sp³-hybridized carbons (Fsp3) is 0.269. The number of rotatable bonds is 7. The SMILES string of the molecule is CCc1c(=O)n(C)c(Nc2ccc(I)cc2F)c2c(=O)n(C3CC3)c(=O)n(-c3cccc(NS(C)(=O)=O)c3)c12. The Morgan fingerprint density at radius 3 is 2.41 bits per heavy atom. The molecule has 1 saturated carbocycles. The first-order chi connectivity index (χ1) is 18.4. The molecule has 2 aromatic heterocycles. The van der Waals surface area contributed by atoms with Gasteiger partial charge in [0.1, 0.15) is 17.0 Å². The largest absolute Gasteiger partial charge is 0.338 e. The molecule has 1 fully saturated rings. The van der Waals surface area contributed by atoms with Crippen LogP contribution in [-0.4, -0.2) is 28.4 Å². The zero-order chi connectivity index (χ0) is 28.2. The van der Waals surface area contributed by atoms with Crippen molar-refractivity contribution in [1.82, 2.24) is 13.7 Å². The van der Waals surface area contributed by atoms with Gasteiger partial charge in [-0.25, -0.2) is 17.6 Å². The van der Waals surface area contributed by atoms with Crippen molar-refractivity contribution in [1.29, 1.82) is 0 Å². The Morgan fingerprint density at radius 2 is 1.79 bits per heavy atom. The Bertz CT molecular complexity index is 1940. The minimum absolute atomic E-state index is 0.0471. The summed E-state index contributed by atoms with van der Waals surface area (Å²) in [6.07, 6.45) is 2.48. The number of nitrogens with one attached hydrogen (secondary N) is 2. The van der Waals surface area contributed by atoms with Gasteiger partial charge in [-0.3, -0.25) is 28.0 Å². The summed E-state index contributed by atoms with van der Waals surface area (Å²) in [7, 11) is -2.13. The third-order valence-corrected chi connectivity index (χ3v) is 7.85. The molecular weight excluding hydrogens is 640 g/mol. The van der Waals surface area contributed by atoms with Crippen LogP contribution in [0.25, 0.3) is 16.6 Å². The Balaban J connectivity index is 1.92. The first-order valence-electron chi connectivity index (χ1n) is 12.1. The number of aryl methyl sites for hydroxylation is 1. The van der Waals surface area contributed by atoms with Crippen LogP contribution >= 0.6 is 22.6 Å². The van der Waals surface area contributed by atoms with Crippen molar-refractivity contribution in [3.05, 3.63) is 88.6 Å². The number of halogens is 2. The average molecular weight is 665 g/mol. The number of anilines is 3. The van der Waals surface area contributed by atoms with E-state index < -0.39 is 32.6 Å². The predicted octanol–water partition coefficient (Wildman–Crippen LogP) is 3.61. The molecule has 204 valence electrons. The molecule has 13 heteroatoms. The zero-order valence-electron chi connectivity index (χ0n) is 21.3. The molecule has 1 aliphatic carbocycles. The molecule has 1 aliphatic rings. The van der Waals surface area contributed by atoms with Crippen LogP contribution in [0.3, 0.4) is 0 Å². The summed E-state index contributed by atoms with van der Waals surface area (Å²) in [5.74, 6) is -0.525. The Kier molecular flexibility index (Phi) is 6.91. The molecule has 0 spiro atoms. The van der Waals surface area contributed by atoms with E-state index in [0.717, 1.165) is 6.26 Å². The third-order valence-electron chi connectivity index (χ3n) is 6.57. The number of fused-ring (bicyclic) bond motifs is 1. The van der Waals surface area contributed by atoms with Crippen molar-refractivity contribution >= 4 is 60.7 Å². The topological polar surface area (TPSA) is 124 Å². The van der Waals surface area contributed by atoms with Crippen molar-refractivity contribution in [2.75, 3.05) is 16.3 Å². The smallest absolute Gasteiger partial charge is 0.336 e. The summed E-state index contributed by atoms with van der Waals surface area (Å²) < 4.78 is 45.4. The highest BCUT2D eigenvalue weighted by Gasteiger charge is 2.32. The van der Waals surface area contributed by atoms with Gasteiger partial charge in [-0.15, -0.1) is 0 Å². The lowest BCUT2D eigenvalue weighted by Crippen LogP contribution is -2.41. The summed E-state index contributed by atoms with van der Waals surface area (Å²) >= 11 is 1.98. The van der Waals surface area contributed by atoms with Gasteiger partial charge >= 0.3 is 5.69 Å². The highest BCUT2D eigenvalue weighted by molar-refractivity contribution is 14.1. The maximum Gasteiger partial charge on any atom is 0.336 e. The summed E-state index contributed by atoms with van der Waals surface area (Å²) in [4.78, 5) is 41.4. The first kappa shape index (κ1) is 27.1. The molecule has 0 radical (unpaired) electrons. The minimum atomic E-state index is -3.61. The molecule has 2 aromatic carbocycles. The molecule has 39 heavy (non-hydrogen) atoms. The van der Waals surface area contributed by atoms with Gasteiger partial charge in [0.25, 0.3) is 11.1 Å². The van der Waals surface area contributed by atoms with Gasteiger partial charge in [-0.2, -0.15) is 0 Å². The van der Waals surface area contributed by atoms with Gasteiger partial charge in [0.15, 0.2) is 0 Å². The lowest BCUT2D eigenvalue weighted by molar-refractivity contribution is 0.607. The Labute approximate surface area is 236 Å². The predicted molar refractivity (Wildman–Crippen MR) is 158 cm³/mol. The van der Waals surface area contributed by atoms with E-state index in [1.807, 2.05) is 22.6 Å². The molecule has 0 unspecified atom stereocenters. The van der Waals surface area contributed by atoms with E-state index in [0.29, 0.717) is 16.4 Å². The number of nitrogens with zero attached hydrogens (tertiary/aromatic N) is 3. The third kappa shape index (κ3) is 5.00. The maximum absolute atomic E-state index is 14.9. The van der Waals surface area contributed by atoms with E-state index >= 15 is 0 Å². The molecule has 10 nitrogen and oxygen atoms in total. The Hall–Kier alpha value is -3.46. The minimum Gasteiger partial charge on any atom is -0.338 e. The molecular formula is C26H25FIN5O5S. The van der Waals surface area contributed by atoms with E-state index in [4.69, 9.17) is 0 Å². The molecule has 4 aromatic rings. The highest BCUT2D eigenvalue weighted by atomic mass is 127. The van der Waals surface area contributed by atoms with E-state index in [1.54, 1.807) is 25.1 Å². The van der Waals surface area contributed by atoms with Crippen molar-refractivity contribution in [2.45, 2.75) is 32.2 Å². The van der Waals surface area contributed by atoms with Crippen molar-refractivity contribution in [3.8, 4) is 5.69 Å². The van der Waals surface area contributed by atoms with Crippen LogP contribution in [-0.2, 0) is 23.5 Å². The number of pyridine rings is 1. The number of sulfonamides is 1. The lowest BCUT2D eigenvalue weighted by Gasteiger charge is -2.21. The second-order valence-electron chi connectivity index (χ2n) is 9.47. The summed E-state index contributed by atoms with van der Waals surface area (Å²) in [5, 5.41) is 2.99. The number of hydrogen-bond donors (Lipinski definition) is 2. The first-order valence-corrected chi connectivity index (χ1v) is 15.1. The van der Waals surface area contributed by atoms with Crippen LogP contribution in [0.4, 0.5) is 21.6 Å². The monoisotopic (exact) mass is 665 g/mol. The molecule has 0 amide bonds. The van der Waals surface area contributed by atoms with Gasteiger partial charge in [-0.1, -0.05) is 13.0 Å². The van der Waals surface area contributed by atoms with Crippen LogP contribution in [0.5, 0.6) is 0 Å². The van der Waals surface area contributed by atoms with Crippen LogP contribution in [0, 0.1) is 9.39 Å². The van der Waals surface area contributed by atoms with E-state index in [2.05, 4.69) is 10.0 Å². The lowest BCUT2D eigenvalue weighted by atomic mass is 10.1. The van der Waals surface area contributed by atoms with Gasteiger partial charge in [0.05, 0.1) is 28.8 Å². The molecule has 5 rings (SSSR count). The summed E-state index contributed by atoms with van der Waals surface area (Å²) in [6, 6.07) is 10.4. The second-order valence-corrected chi connectivity index (χ2v) is 12.5. The fourth-order valence-electron chi connectivity index (χ4n) is 4.70. The molecule has 2 heterocycles. The molecule has 2 N–H and O–H groups in total. The molecule has 0 aliphatic heterocycles. The van der Waals surface area contributed by atoms with Crippen LogP contribution in [0.1, 0.15) is 31.4 Å². The number of aromatic nitrogens is 3. The van der Waals surface area contributed by atoms with Crippen LogP contribution in [0.15, 0.2) is 56.8 Å². The molecule has 0 atom stereocenters. The van der Waals surface area contributed by atoms with Crippen molar-refractivity contribution in [2.24, 2.45) is 7.05 Å². The van der Waals surface area contributed by atoms with Gasteiger partial charge < -0.3 is 5.32 Å². The van der Waals surface area contributed by atoms with Gasteiger partial charge in [-0.05, 0) is 78.3 Å². The van der Waals surface area contributed by atoms with Crippen LogP contribution < -0.4 is 26.8 Å². The number of hydrogen-bond acceptors (Lipinski definition) is 6. The van der Waals surface area contributed by atoms with E-state index in [1.165, 1.54) is 45.0 Å². The summed E-state index contributed by atoms with van der Waals surface area (Å²) in [5.41, 5.74) is -0.829. The standard InChI is InChI=1S/C26H25FIN5O5S/c1-4-18-22-21(23(31(2)24(18)34)29-20-11-8-14(28)12-19(20)27)25(35)33(16-9-10-16)26(36)32(22)17-7-5-6-15(13-17)30-39(3,37)38/h5-8,11-13,16,29-30H,4,9-10H2,1-3H3. The van der Waals surface area contributed by atoms with Gasteiger partial charge in [0, 0.05) is 22.2 Å². The maximum atomic E-state index is 14.9. The second kappa shape index (κ2) is 9.93. The van der Waals surface area contributed by atoms with E-state index in [9.17, 15) is 27.2 Å². The fourth-order valence-corrected chi connectivity index (χ4v) is 5.70. The van der Waals surface area contributed by atoms with Crippen molar-refractivity contribution < 1.29 is 12.8 Å². The van der Waals surface area contributed by atoms with Gasteiger partial charge in [0.2, 0.25) is 10.0 Å². The highest BCUT2D eigenvalue weighted by Crippen LogP contribution is 2.34. The normalized spacial score (nSPS) is 13.6. The quantitative estimate of drug-likeness (QED) is 0.291. The average Bonchev–Trinajstić information content (AvgIpc) is 3.68. The number of benzene rings is 2. The van der Waals surface area contributed by atoms with Crippen LogP contribution in [0.2, 0.25) is 0 Å². The molecule has 0 saturated heterocycles. The van der Waals surface area contributed by atoms with E-state index in [-0.39, 0.29) is 51.8 Å². The zero-order valence-corrected chi connectivity index (χ0v) is 24.3.